The molecule has 4 aliphatic rings. The highest BCUT2D eigenvalue weighted by Gasteiger charge is 2.63. The van der Waals surface area contributed by atoms with Gasteiger partial charge in [-0.2, -0.15) is 0 Å². The van der Waals surface area contributed by atoms with Crippen LogP contribution in [0.3, 0.4) is 0 Å². The molecule has 2 fully saturated rings. The second-order valence-corrected chi connectivity index (χ2v) is 15.5. The van der Waals surface area contributed by atoms with Crippen LogP contribution in [0, 0.1) is 39.4 Å². The Morgan fingerprint density at radius 3 is 2.39 bits per heavy atom. The van der Waals surface area contributed by atoms with Gasteiger partial charge in [-0.05, 0) is 118 Å². The van der Waals surface area contributed by atoms with Crippen LogP contribution in [0.25, 0.3) is 0 Å². The number of fused-ring (bicyclic) bond motifs is 4. The van der Waals surface area contributed by atoms with E-state index in [-0.39, 0.29) is 22.9 Å². The van der Waals surface area contributed by atoms with Crippen molar-refractivity contribution < 1.29 is 9.53 Å². The molecule has 2 saturated carbocycles. The predicted octanol–water partition coefficient (Wildman–Crippen LogP) is 10.6. The Kier molecular flexibility index (Phi) is 8.73. The van der Waals surface area contributed by atoms with E-state index < -0.39 is 0 Å². The van der Waals surface area contributed by atoms with Crippen LogP contribution < -0.4 is 0 Å². The lowest BCUT2D eigenvalue weighted by atomic mass is 9.43. The molecule has 0 heterocycles. The lowest BCUT2D eigenvalue weighted by Gasteiger charge is -2.62. The summed E-state index contributed by atoms with van der Waals surface area (Å²) in [6, 6.07) is 0. The van der Waals surface area contributed by atoms with Gasteiger partial charge in [0.05, 0.1) is 0 Å². The van der Waals surface area contributed by atoms with E-state index in [0.29, 0.717) is 23.2 Å². The van der Waals surface area contributed by atoms with Gasteiger partial charge in [0, 0.05) is 11.8 Å². The number of hydrogen-bond donors (Lipinski definition) is 0. The number of rotatable bonds is 9. The number of carbonyl (C=O) groups excluding carboxylic acids is 1. The molecule has 0 amide bonds. The molecule has 0 saturated heterocycles. The van der Waals surface area contributed by atoms with Crippen LogP contribution in [0.5, 0.6) is 0 Å². The Bertz CT molecular complexity index is 935. The van der Waals surface area contributed by atoms with E-state index in [0.717, 1.165) is 37.5 Å². The fourth-order valence-electron chi connectivity index (χ4n) is 10.4. The molecule has 0 aromatic carbocycles. The maximum atomic E-state index is 12.7. The van der Waals surface area contributed by atoms with Crippen molar-refractivity contribution in [3.63, 3.8) is 0 Å². The van der Waals surface area contributed by atoms with E-state index >= 15 is 0 Å². The maximum Gasteiger partial charge on any atom is 0.306 e. The molecule has 0 spiro atoms. The zero-order chi connectivity index (χ0) is 27.9. The van der Waals surface area contributed by atoms with E-state index in [2.05, 4.69) is 68.4 Å². The number of ether oxygens (including phenoxy) is 1. The molecule has 7 atom stereocenters. The minimum atomic E-state index is 0.0330. The normalized spacial score (nSPS) is 38.6. The summed E-state index contributed by atoms with van der Waals surface area (Å²) < 4.78 is 6.22. The van der Waals surface area contributed by atoms with E-state index in [1.54, 1.807) is 0 Å². The second kappa shape index (κ2) is 11.1. The first-order valence-electron chi connectivity index (χ1n) is 16.4. The Labute approximate surface area is 235 Å². The molecule has 0 unspecified atom stereocenters. The first-order valence-corrected chi connectivity index (χ1v) is 16.4. The minimum Gasteiger partial charge on any atom is -0.462 e. The molecule has 2 nitrogen and oxygen atoms in total. The number of hydrogen-bond acceptors (Lipinski definition) is 2. The molecule has 0 aromatic heterocycles. The Morgan fingerprint density at radius 1 is 0.974 bits per heavy atom. The van der Waals surface area contributed by atoms with Gasteiger partial charge in [-0.15, -0.1) is 0 Å². The Hall–Kier alpha value is -1.05. The van der Waals surface area contributed by atoms with Crippen LogP contribution in [-0.2, 0) is 9.53 Å². The van der Waals surface area contributed by atoms with Crippen LogP contribution in [-0.4, -0.2) is 12.1 Å². The lowest BCUT2D eigenvalue weighted by Crippen LogP contribution is -2.55. The van der Waals surface area contributed by atoms with Gasteiger partial charge in [0.25, 0.3) is 0 Å². The van der Waals surface area contributed by atoms with Crippen molar-refractivity contribution in [1.29, 1.82) is 0 Å². The van der Waals surface area contributed by atoms with Crippen LogP contribution in [0.4, 0.5) is 0 Å². The first-order chi connectivity index (χ1) is 17.8. The van der Waals surface area contributed by atoms with Crippen LogP contribution in [0.15, 0.2) is 22.8 Å². The molecule has 4 aliphatic carbocycles. The van der Waals surface area contributed by atoms with Gasteiger partial charge in [-0.1, -0.05) is 84.1 Å². The highest BCUT2D eigenvalue weighted by Crippen LogP contribution is 2.72. The number of esters is 1. The zero-order valence-electron chi connectivity index (χ0n) is 26.6. The van der Waals surface area contributed by atoms with E-state index in [4.69, 9.17) is 4.74 Å². The summed E-state index contributed by atoms with van der Waals surface area (Å²) in [6.07, 6.45) is 19.1. The molecular weight excluding hydrogens is 464 g/mol. The predicted molar refractivity (Wildman–Crippen MR) is 161 cm³/mol. The molecule has 2 heteroatoms. The van der Waals surface area contributed by atoms with Crippen molar-refractivity contribution in [2.75, 3.05) is 0 Å². The van der Waals surface area contributed by atoms with Crippen molar-refractivity contribution in [3.05, 3.63) is 22.8 Å². The van der Waals surface area contributed by atoms with Crippen LogP contribution in [0.2, 0.25) is 0 Å². The summed E-state index contributed by atoms with van der Waals surface area (Å²) in [4.78, 5) is 12.7. The van der Waals surface area contributed by atoms with Gasteiger partial charge < -0.3 is 4.74 Å². The second-order valence-electron chi connectivity index (χ2n) is 15.5. The summed E-state index contributed by atoms with van der Waals surface area (Å²) in [5.41, 5.74) is 6.25. The number of allylic oxidation sites excluding steroid dienone is 4. The highest BCUT2D eigenvalue weighted by atomic mass is 16.5. The van der Waals surface area contributed by atoms with Gasteiger partial charge in [0.2, 0.25) is 0 Å². The largest absolute Gasteiger partial charge is 0.462 e. The fourth-order valence-corrected chi connectivity index (χ4v) is 10.4. The van der Waals surface area contributed by atoms with Crippen molar-refractivity contribution in [2.45, 2.75) is 158 Å². The average Bonchev–Trinajstić information content (AvgIpc) is 3.12. The lowest BCUT2D eigenvalue weighted by molar-refractivity contribution is -0.170. The smallest absolute Gasteiger partial charge is 0.306 e. The van der Waals surface area contributed by atoms with Gasteiger partial charge >= 0.3 is 5.97 Å². The Balaban J connectivity index is 1.54. The van der Waals surface area contributed by atoms with E-state index in [9.17, 15) is 4.79 Å². The van der Waals surface area contributed by atoms with Crippen LogP contribution in [0.1, 0.15) is 152 Å². The molecule has 0 aliphatic heterocycles. The number of unbranched alkanes of at least 4 members (excludes halogenated alkanes) is 2. The van der Waals surface area contributed by atoms with Gasteiger partial charge in [-0.25, -0.2) is 0 Å². The Morgan fingerprint density at radius 2 is 1.71 bits per heavy atom. The summed E-state index contributed by atoms with van der Waals surface area (Å²) >= 11 is 0. The molecule has 0 aromatic rings. The molecule has 0 radical (unpaired) electrons. The molecule has 0 N–H and O–H groups in total. The standard InChI is InChI=1S/C36H60O2/c1-10-11-12-16-32(37)38-31-21-22-34(7)28-20-24-35(8)27(26(4)15-13-14-25(2)3)19-23-36(35,9)29(28)17-18-30(34)33(31,5)6/h14,26-27,30-31H,10-13,15-24H2,1-9H3/t26-,27-,30+,31+,34-,35-,36+/m1/s1. The molecule has 4 rings (SSSR count). The van der Waals surface area contributed by atoms with Crippen molar-refractivity contribution in [3.8, 4) is 0 Å². The summed E-state index contributed by atoms with van der Waals surface area (Å²) in [6.45, 7) is 22.0. The van der Waals surface area contributed by atoms with E-state index in [1.165, 1.54) is 63.4 Å². The molecule has 38 heavy (non-hydrogen) atoms. The third-order valence-corrected chi connectivity index (χ3v) is 12.9. The average molecular weight is 525 g/mol. The van der Waals surface area contributed by atoms with Gasteiger partial charge in [0.15, 0.2) is 0 Å². The topological polar surface area (TPSA) is 26.3 Å². The SMILES string of the molecule is CCCCCC(=O)O[C@H]1CC[C@]2(C)C3=C(CC[C@H]2C1(C)C)[C@]1(C)CC[C@H]([C@H](C)CCC=C(C)C)[C@@]1(C)CC3. The van der Waals surface area contributed by atoms with Crippen LogP contribution >= 0.6 is 0 Å². The van der Waals surface area contributed by atoms with Crippen molar-refractivity contribution in [1.82, 2.24) is 0 Å². The number of carbonyl (C=O) groups is 1. The van der Waals surface area contributed by atoms with E-state index in [1.807, 2.05) is 11.1 Å². The quantitative estimate of drug-likeness (QED) is 0.170. The molecule has 0 bridgehead atoms. The fraction of sp³-hybridized carbons (Fsp3) is 0.861. The first kappa shape index (κ1) is 29.9. The summed E-state index contributed by atoms with van der Waals surface area (Å²) in [7, 11) is 0. The molecule has 216 valence electrons. The van der Waals surface area contributed by atoms with Gasteiger partial charge in [-0.3, -0.25) is 4.79 Å². The van der Waals surface area contributed by atoms with Gasteiger partial charge in [0.1, 0.15) is 6.10 Å². The zero-order valence-corrected chi connectivity index (χ0v) is 26.6. The third-order valence-electron chi connectivity index (χ3n) is 12.9. The highest BCUT2D eigenvalue weighted by molar-refractivity contribution is 5.69. The van der Waals surface area contributed by atoms with Crippen molar-refractivity contribution in [2.24, 2.45) is 39.4 Å². The molecular formula is C36H60O2. The minimum absolute atomic E-state index is 0.0330. The maximum absolute atomic E-state index is 12.7. The summed E-state index contributed by atoms with van der Waals surface area (Å²) in [5.74, 6) is 2.28. The third kappa shape index (κ3) is 4.98. The van der Waals surface area contributed by atoms with Crippen molar-refractivity contribution >= 4 is 5.97 Å². The monoisotopic (exact) mass is 524 g/mol. The summed E-state index contributed by atoms with van der Waals surface area (Å²) in [5, 5.41) is 0.